The SMILES string of the molecule is C=CCOC(=O)[C@@H](CCC(=O)O)N(C)C(=O)OCC1c2ccccc2-c2ccccc21. The van der Waals surface area contributed by atoms with Gasteiger partial charge in [-0.3, -0.25) is 9.69 Å². The second-order valence-electron chi connectivity index (χ2n) is 7.28. The smallest absolute Gasteiger partial charge is 0.410 e. The summed E-state index contributed by atoms with van der Waals surface area (Å²) in [5.41, 5.74) is 4.37. The van der Waals surface area contributed by atoms with Crippen molar-refractivity contribution in [2.75, 3.05) is 20.3 Å². The summed E-state index contributed by atoms with van der Waals surface area (Å²) in [5, 5.41) is 8.97. The minimum absolute atomic E-state index is 0.0269. The highest BCUT2D eigenvalue weighted by molar-refractivity contribution is 5.82. The van der Waals surface area contributed by atoms with Crippen LogP contribution in [0.3, 0.4) is 0 Å². The standard InChI is InChI=1S/C24H25NO6/c1-3-14-30-23(28)21(12-13-22(26)27)25(2)24(29)31-15-20-18-10-6-4-8-16(18)17-9-5-7-11-19(17)20/h3-11,20-21H,1,12-15H2,2H3,(H,26,27)/t21-/m1/s1. The number of rotatable bonds is 9. The van der Waals surface area contributed by atoms with Gasteiger partial charge in [-0.25, -0.2) is 9.59 Å². The number of carboxylic acids is 1. The lowest BCUT2D eigenvalue weighted by atomic mass is 9.98. The largest absolute Gasteiger partial charge is 0.481 e. The Balaban J connectivity index is 1.71. The minimum atomic E-state index is -1.07. The fourth-order valence-corrected chi connectivity index (χ4v) is 3.79. The van der Waals surface area contributed by atoms with Gasteiger partial charge in [-0.1, -0.05) is 61.2 Å². The van der Waals surface area contributed by atoms with Crippen LogP contribution in [-0.2, 0) is 19.1 Å². The third kappa shape index (κ3) is 4.94. The van der Waals surface area contributed by atoms with Crippen molar-refractivity contribution in [3.8, 4) is 11.1 Å². The number of amides is 1. The van der Waals surface area contributed by atoms with Gasteiger partial charge < -0.3 is 14.6 Å². The van der Waals surface area contributed by atoms with Gasteiger partial charge in [-0.15, -0.1) is 0 Å². The molecule has 31 heavy (non-hydrogen) atoms. The van der Waals surface area contributed by atoms with Gasteiger partial charge in [0.25, 0.3) is 0 Å². The molecule has 0 spiro atoms. The summed E-state index contributed by atoms with van der Waals surface area (Å²) < 4.78 is 10.6. The average Bonchev–Trinajstić information content (AvgIpc) is 3.09. The average molecular weight is 423 g/mol. The Morgan fingerprint density at radius 2 is 1.65 bits per heavy atom. The van der Waals surface area contributed by atoms with Crippen LogP contribution < -0.4 is 0 Å². The Bertz CT molecular complexity index is 940. The van der Waals surface area contributed by atoms with E-state index in [9.17, 15) is 14.4 Å². The molecule has 1 atom stereocenters. The highest BCUT2D eigenvalue weighted by atomic mass is 16.6. The molecule has 0 fully saturated rings. The van der Waals surface area contributed by atoms with Crippen LogP contribution in [-0.4, -0.2) is 54.3 Å². The molecule has 0 saturated carbocycles. The first kappa shape index (κ1) is 22.1. The number of carboxylic acid groups (broad SMARTS) is 1. The first-order chi connectivity index (χ1) is 14.9. The molecule has 0 heterocycles. The molecule has 0 bridgehead atoms. The molecule has 0 unspecified atom stereocenters. The van der Waals surface area contributed by atoms with Crippen molar-refractivity contribution < 1.29 is 29.0 Å². The summed E-state index contributed by atoms with van der Waals surface area (Å²) in [6.07, 6.45) is 0.327. The third-order valence-corrected chi connectivity index (χ3v) is 5.34. The number of benzene rings is 2. The Morgan fingerprint density at radius 3 is 2.19 bits per heavy atom. The maximum atomic E-state index is 12.7. The van der Waals surface area contributed by atoms with Crippen LogP contribution in [0.15, 0.2) is 61.2 Å². The number of nitrogens with zero attached hydrogens (tertiary/aromatic N) is 1. The molecule has 3 rings (SSSR count). The summed E-state index contributed by atoms with van der Waals surface area (Å²) in [5.74, 6) is -1.88. The first-order valence-electron chi connectivity index (χ1n) is 10.0. The van der Waals surface area contributed by atoms with Crippen molar-refractivity contribution in [1.82, 2.24) is 4.90 Å². The van der Waals surface area contributed by atoms with Crippen molar-refractivity contribution >= 4 is 18.0 Å². The lowest BCUT2D eigenvalue weighted by Crippen LogP contribution is -2.44. The molecule has 1 aliphatic carbocycles. The highest BCUT2D eigenvalue weighted by Crippen LogP contribution is 2.44. The van der Waals surface area contributed by atoms with E-state index in [2.05, 4.69) is 6.58 Å². The lowest BCUT2D eigenvalue weighted by Gasteiger charge is -2.26. The molecule has 1 N–H and O–H groups in total. The summed E-state index contributed by atoms with van der Waals surface area (Å²) in [6, 6.07) is 14.9. The van der Waals surface area contributed by atoms with Gasteiger partial charge in [0.2, 0.25) is 0 Å². The topological polar surface area (TPSA) is 93.1 Å². The zero-order valence-electron chi connectivity index (χ0n) is 17.3. The number of hydrogen-bond acceptors (Lipinski definition) is 5. The second-order valence-corrected chi connectivity index (χ2v) is 7.28. The molecule has 2 aromatic carbocycles. The molecule has 1 aliphatic rings. The van der Waals surface area contributed by atoms with E-state index in [0.717, 1.165) is 27.2 Å². The first-order valence-corrected chi connectivity index (χ1v) is 10.0. The van der Waals surface area contributed by atoms with Gasteiger partial charge in [-0.2, -0.15) is 0 Å². The van der Waals surface area contributed by atoms with Crippen LogP contribution in [0.1, 0.15) is 29.9 Å². The fourth-order valence-electron chi connectivity index (χ4n) is 3.79. The van der Waals surface area contributed by atoms with E-state index < -0.39 is 24.1 Å². The van der Waals surface area contributed by atoms with E-state index in [-0.39, 0.29) is 32.0 Å². The number of carbonyl (C=O) groups is 3. The van der Waals surface area contributed by atoms with Crippen LogP contribution in [0.25, 0.3) is 11.1 Å². The van der Waals surface area contributed by atoms with E-state index in [4.69, 9.17) is 14.6 Å². The summed E-state index contributed by atoms with van der Waals surface area (Å²) >= 11 is 0. The Labute approximate surface area is 180 Å². The van der Waals surface area contributed by atoms with E-state index in [1.807, 2.05) is 48.5 Å². The van der Waals surface area contributed by atoms with Crippen LogP contribution >= 0.6 is 0 Å². The fraction of sp³-hybridized carbons (Fsp3) is 0.292. The van der Waals surface area contributed by atoms with Gasteiger partial charge in [0, 0.05) is 19.4 Å². The molecule has 7 nitrogen and oxygen atoms in total. The predicted octanol–water partition coefficient (Wildman–Crippen LogP) is 3.83. The van der Waals surface area contributed by atoms with Crippen LogP contribution in [0.4, 0.5) is 4.79 Å². The molecule has 7 heteroatoms. The van der Waals surface area contributed by atoms with Gasteiger partial charge in [0.05, 0.1) is 0 Å². The van der Waals surface area contributed by atoms with Crippen LogP contribution in [0, 0.1) is 0 Å². The second kappa shape index (κ2) is 9.93. The quantitative estimate of drug-likeness (QED) is 0.487. The molecule has 0 radical (unpaired) electrons. The zero-order valence-corrected chi connectivity index (χ0v) is 17.3. The molecular formula is C24H25NO6. The molecule has 0 aliphatic heterocycles. The maximum absolute atomic E-state index is 12.7. The number of carbonyl (C=O) groups excluding carboxylic acids is 2. The third-order valence-electron chi connectivity index (χ3n) is 5.34. The van der Waals surface area contributed by atoms with Gasteiger partial charge >= 0.3 is 18.0 Å². The van der Waals surface area contributed by atoms with Crippen molar-refractivity contribution in [1.29, 1.82) is 0 Å². The normalized spacial score (nSPS) is 12.9. The van der Waals surface area contributed by atoms with Crippen molar-refractivity contribution in [3.63, 3.8) is 0 Å². The number of likely N-dealkylation sites (N-methyl/N-ethyl adjacent to an activating group) is 1. The highest BCUT2D eigenvalue weighted by Gasteiger charge is 2.32. The lowest BCUT2D eigenvalue weighted by molar-refractivity contribution is -0.148. The number of ether oxygens (including phenoxy) is 2. The van der Waals surface area contributed by atoms with Crippen molar-refractivity contribution in [2.45, 2.75) is 24.8 Å². The molecule has 1 amide bonds. The molecule has 0 aromatic heterocycles. The van der Waals surface area contributed by atoms with Crippen LogP contribution in [0.2, 0.25) is 0 Å². The van der Waals surface area contributed by atoms with E-state index in [0.29, 0.717) is 0 Å². The number of aliphatic carboxylic acids is 1. The monoisotopic (exact) mass is 423 g/mol. The minimum Gasteiger partial charge on any atom is -0.481 e. The maximum Gasteiger partial charge on any atom is 0.410 e. The summed E-state index contributed by atoms with van der Waals surface area (Å²) in [7, 11) is 1.40. The Hall–Kier alpha value is -3.61. The molecule has 162 valence electrons. The van der Waals surface area contributed by atoms with Crippen molar-refractivity contribution in [2.24, 2.45) is 0 Å². The molecule has 0 saturated heterocycles. The number of hydrogen-bond donors (Lipinski definition) is 1. The Morgan fingerprint density at radius 1 is 1.06 bits per heavy atom. The Kier molecular flexibility index (Phi) is 7.07. The molecular weight excluding hydrogens is 398 g/mol. The van der Waals surface area contributed by atoms with E-state index >= 15 is 0 Å². The van der Waals surface area contributed by atoms with Gasteiger partial charge in [0.1, 0.15) is 19.3 Å². The van der Waals surface area contributed by atoms with Crippen LogP contribution in [0.5, 0.6) is 0 Å². The van der Waals surface area contributed by atoms with Crippen molar-refractivity contribution in [3.05, 3.63) is 72.3 Å². The van der Waals surface area contributed by atoms with E-state index in [1.54, 1.807) is 0 Å². The summed E-state index contributed by atoms with van der Waals surface area (Å²) in [4.78, 5) is 37.1. The van der Waals surface area contributed by atoms with Gasteiger partial charge in [0.15, 0.2) is 0 Å². The molecule has 2 aromatic rings. The predicted molar refractivity (Wildman–Crippen MR) is 115 cm³/mol. The number of esters is 1. The summed E-state index contributed by atoms with van der Waals surface area (Å²) in [6.45, 7) is 3.55. The van der Waals surface area contributed by atoms with E-state index in [1.165, 1.54) is 13.1 Å². The zero-order chi connectivity index (χ0) is 22.4. The van der Waals surface area contributed by atoms with Gasteiger partial charge in [-0.05, 0) is 28.7 Å². The number of fused-ring (bicyclic) bond motifs is 3.